The molecule has 1 heterocycles. The van der Waals surface area contributed by atoms with Crippen molar-refractivity contribution in [1.29, 1.82) is 0 Å². The standard InChI is InChI=1S/C38H38O2/c1-18(2)22-10-13-28-25(17-22)33-35(40-28)24-12-11-23-30(32(24)37(33,6)7)27-16-21(5)29-20(4)14-19(3)15-26(29)31(27)38(8)34(23)36(38)39-9/h10-18,34,36H,1-9H3. The average Bonchev–Trinajstić information content (AvgIpc) is 3.21. The maximum atomic E-state index is 6.69. The minimum Gasteiger partial charge on any atom is -0.456 e. The molecule has 4 aromatic carbocycles. The zero-order chi connectivity index (χ0) is 28.0. The van der Waals surface area contributed by atoms with Crippen molar-refractivity contribution < 1.29 is 9.15 Å². The van der Waals surface area contributed by atoms with Gasteiger partial charge in [-0.05, 0) is 94.1 Å². The van der Waals surface area contributed by atoms with Crippen LogP contribution in [0.25, 0.3) is 44.2 Å². The Kier molecular flexibility index (Phi) is 4.57. The summed E-state index contributed by atoms with van der Waals surface area (Å²) in [4.78, 5) is 0. The van der Waals surface area contributed by atoms with Gasteiger partial charge in [-0.2, -0.15) is 0 Å². The molecule has 0 radical (unpaired) electrons. The van der Waals surface area contributed by atoms with Crippen LogP contribution in [-0.2, 0) is 15.6 Å². The van der Waals surface area contributed by atoms with Crippen LogP contribution in [0.15, 0.2) is 52.9 Å². The van der Waals surface area contributed by atoms with Crippen molar-refractivity contribution in [3.63, 3.8) is 0 Å². The van der Waals surface area contributed by atoms with Crippen LogP contribution in [-0.4, -0.2) is 13.2 Å². The molecule has 3 aliphatic carbocycles. The summed E-state index contributed by atoms with van der Waals surface area (Å²) >= 11 is 0. The van der Waals surface area contributed by atoms with Crippen LogP contribution in [0.5, 0.6) is 0 Å². The van der Waals surface area contributed by atoms with Crippen LogP contribution in [0, 0.1) is 20.8 Å². The zero-order valence-corrected chi connectivity index (χ0v) is 25.2. The van der Waals surface area contributed by atoms with Crippen molar-refractivity contribution in [3.05, 3.63) is 93.0 Å². The first-order valence-corrected chi connectivity index (χ1v) is 14.8. The maximum Gasteiger partial charge on any atom is 0.139 e. The van der Waals surface area contributed by atoms with E-state index in [0.717, 1.165) is 11.3 Å². The van der Waals surface area contributed by atoms with Gasteiger partial charge in [-0.25, -0.2) is 0 Å². The lowest BCUT2D eigenvalue weighted by Crippen LogP contribution is -2.21. The minimum absolute atomic E-state index is 0.0360. The van der Waals surface area contributed by atoms with E-state index in [0.29, 0.717) is 11.8 Å². The van der Waals surface area contributed by atoms with Crippen LogP contribution in [0.2, 0.25) is 0 Å². The van der Waals surface area contributed by atoms with Gasteiger partial charge in [-0.1, -0.05) is 76.6 Å². The number of rotatable bonds is 2. The normalized spacial score (nSPS) is 23.2. The molecule has 202 valence electrons. The Bertz CT molecular complexity index is 1950. The molecule has 0 amide bonds. The van der Waals surface area contributed by atoms with Gasteiger partial charge in [0.2, 0.25) is 0 Å². The summed E-state index contributed by atoms with van der Waals surface area (Å²) < 4.78 is 12.9. The van der Waals surface area contributed by atoms with Crippen molar-refractivity contribution in [1.82, 2.24) is 0 Å². The minimum atomic E-state index is -0.190. The van der Waals surface area contributed by atoms with Crippen molar-refractivity contribution >= 4 is 21.7 Å². The third-order valence-electron chi connectivity index (χ3n) is 10.7. The lowest BCUT2D eigenvalue weighted by molar-refractivity contribution is 0.162. The van der Waals surface area contributed by atoms with Crippen molar-refractivity contribution in [2.45, 2.75) is 84.2 Å². The second-order valence-electron chi connectivity index (χ2n) is 13.8. The molecule has 0 spiro atoms. The Balaban J connectivity index is 1.49. The number of methoxy groups -OCH3 is 1. The van der Waals surface area contributed by atoms with Gasteiger partial charge in [0, 0.05) is 40.4 Å². The van der Waals surface area contributed by atoms with Gasteiger partial charge >= 0.3 is 0 Å². The Morgan fingerprint density at radius 3 is 2.27 bits per heavy atom. The lowest BCUT2D eigenvalue weighted by Gasteiger charge is -2.33. The van der Waals surface area contributed by atoms with E-state index in [-0.39, 0.29) is 16.9 Å². The van der Waals surface area contributed by atoms with E-state index in [9.17, 15) is 0 Å². The number of hydrogen-bond donors (Lipinski definition) is 0. The first kappa shape index (κ1) is 24.4. The third-order valence-corrected chi connectivity index (χ3v) is 10.7. The predicted molar refractivity (Wildman–Crippen MR) is 166 cm³/mol. The highest BCUT2D eigenvalue weighted by atomic mass is 16.5. The van der Waals surface area contributed by atoms with E-state index in [4.69, 9.17) is 9.15 Å². The summed E-state index contributed by atoms with van der Waals surface area (Å²) in [7, 11) is 1.89. The van der Waals surface area contributed by atoms with Gasteiger partial charge in [0.25, 0.3) is 0 Å². The Morgan fingerprint density at radius 2 is 1.55 bits per heavy atom. The van der Waals surface area contributed by atoms with E-state index in [2.05, 4.69) is 104 Å². The number of aryl methyl sites for hydroxylation is 3. The van der Waals surface area contributed by atoms with E-state index >= 15 is 0 Å². The quantitative estimate of drug-likeness (QED) is 0.228. The molecule has 1 saturated carbocycles. The third kappa shape index (κ3) is 2.69. The summed E-state index contributed by atoms with van der Waals surface area (Å²) in [6, 6.07) is 18.7. The van der Waals surface area contributed by atoms with E-state index < -0.39 is 0 Å². The van der Waals surface area contributed by atoms with E-state index in [1.165, 1.54) is 77.4 Å². The van der Waals surface area contributed by atoms with E-state index in [1.54, 1.807) is 0 Å². The van der Waals surface area contributed by atoms with Crippen LogP contribution < -0.4 is 0 Å². The Labute approximate surface area is 237 Å². The first-order chi connectivity index (χ1) is 19.0. The van der Waals surface area contributed by atoms with Gasteiger partial charge in [0.15, 0.2) is 0 Å². The molecule has 0 N–H and O–H groups in total. The fourth-order valence-electron chi connectivity index (χ4n) is 9.03. The summed E-state index contributed by atoms with van der Waals surface area (Å²) in [5.41, 5.74) is 15.9. The van der Waals surface area contributed by atoms with Gasteiger partial charge in [0.05, 0.1) is 6.10 Å². The van der Waals surface area contributed by atoms with Crippen molar-refractivity contribution in [3.8, 4) is 22.5 Å². The summed E-state index contributed by atoms with van der Waals surface area (Å²) in [5, 5.41) is 4.07. The fourth-order valence-corrected chi connectivity index (χ4v) is 9.03. The largest absolute Gasteiger partial charge is 0.456 e. The highest BCUT2D eigenvalue weighted by Crippen LogP contribution is 2.71. The molecule has 2 heteroatoms. The average molecular weight is 527 g/mol. The first-order valence-electron chi connectivity index (χ1n) is 14.8. The monoisotopic (exact) mass is 526 g/mol. The molecule has 8 rings (SSSR count). The Hall–Kier alpha value is -3.36. The van der Waals surface area contributed by atoms with Crippen molar-refractivity contribution in [2.75, 3.05) is 7.11 Å². The smallest absolute Gasteiger partial charge is 0.139 e. The summed E-state index contributed by atoms with van der Waals surface area (Å²) in [6.45, 7) is 18.6. The molecule has 1 fully saturated rings. The van der Waals surface area contributed by atoms with Crippen LogP contribution in [0.3, 0.4) is 0 Å². The molecule has 0 bridgehead atoms. The highest BCUT2D eigenvalue weighted by molar-refractivity contribution is 6.04. The van der Waals surface area contributed by atoms with Crippen LogP contribution >= 0.6 is 0 Å². The number of hydrogen-bond acceptors (Lipinski definition) is 2. The second kappa shape index (κ2) is 7.47. The second-order valence-corrected chi connectivity index (χ2v) is 13.8. The number of fused-ring (bicyclic) bond motifs is 14. The lowest BCUT2D eigenvalue weighted by atomic mass is 9.70. The summed E-state index contributed by atoms with van der Waals surface area (Å²) in [5.74, 6) is 1.88. The molecule has 2 nitrogen and oxygen atoms in total. The van der Waals surface area contributed by atoms with Crippen molar-refractivity contribution in [2.24, 2.45) is 0 Å². The molecule has 0 saturated heterocycles. The van der Waals surface area contributed by atoms with Crippen LogP contribution in [0.1, 0.15) is 91.0 Å². The fraction of sp³-hybridized carbons (Fsp3) is 0.368. The maximum absolute atomic E-state index is 6.69. The SMILES string of the molecule is COC1C2c3ccc4c(c3-c3cc(C)c5c(C)cc(C)cc5c3C12C)C(C)(C)c1c-4oc2ccc(C(C)C)cc12. The molecule has 1 aromatic heterocycles. The van der Waals surface area contributed by atoms with Gasteiger partial charge in [0.1, 0.15) is 11.3 Å². The zero-order valence-electron chi connectivity index (χ0n) is 25.2. The molecule has 3 unspecified atom stereocenters. The Morgan fingerprint density at radius 1 is 0.800 bits per heavy atom. The van der Waals surface area contributed by atoms with Gasteiger partial charge in [-0.3, -0.25) is 0 Å². The highest BCUT2D eigenvalue weighted by Gasteiger charge is 2.67. The van der Waals surface area contributed by atoms with E-state index in [1.807, 2.05) is 7.11 Å². The van der Waals surface area contributed by atoms with Gasteiger partial charge in [-0.15, -0.1) is 0 Å². The molecule has 5 aromatic rings. The molecule has 3 atom stereocenters. The molecular weight excluding hydrogens is 488 g/mol. The predicted octanol–water partition coefficient (Wildman–Crippen LogP) is 9.99. The van der Waals surface area contributed by atoms with Crippen LogP contribution in [0.4, 0.5) is 0 Å². The number of benzene rings is 4. The molecule has 40 heavy (non-hydrogen) atoms. The van der Waals surface area contributed by atoms with Gasteiger partial charge < -0.3 is 9.15 Å². The number of ether oxygens (including phenoxy) is 1. The topological polar surface area (TPSA) is 22.4 Å². The number of furan rings is 1. The summed E-state index contributed by atoms with van der Waals surface area (Å²) in [6.07, 6.45) is 0.173. The molecular formula is C38H38O2. The molecule has 3 aliphatic rings. The molecule has 0 aliphatic heterocycles.